The van der Waals surface area contributed by atoms with Crippen molar-refractivity contribution >= 4 is 15.9 Å². The average molecular weight is 306 g/mol. The summed E-state index contributed by atoms with van der Waals surface area (Å²) in [6.45, 7) is 4.57. The maximum Gasteiger partial charge on any atom is 0.141 e. The lowest BCUT2D eigenvalue weighted by Gasteiger charge is -2.12. The Morgan fingerprint density at radius 2 is 1.61 bits per heavy atom. The van der Waals surface area contributed by atoms with E-state index in [-0.39, 0.29) is 0 Å². The predicted molar refractivity (Wildman–Crippen MR) is 78.0 cm³/mol. The lowest BCUT2D eigenvalue weighted by Crippen LogP contribution is -2.00. The van der Waals surface area contributed by atoms with Crippen molar-refractivity contribution in [1.82, 2.24) is 0 Å². The number of ether oxygens (including phenoxy) is 1. The van der Waals surface area contributed by atoms with Gasteiger partial charge in [-0.15, -0.1) is 0 Å². The molecular weight excluding hydrogens is 290 g/mol. The number of halogens is 1. The van der Waals surface area contributed by atoms with Crippen LogP contribution < -0.4 is 10.5 Å². The van der Waals surface area contributed by atoms with E-state index in [4.69, 9.17) is 10.5 Å². The van der Waals surface area contributed by atoms with Crippen molar-refractivity contribution in [2.24, 2.45) is 5.73 Å². The van der Waals surface area contributed by atoms with Crippen molar-refractivity contribution in [3.05, 3.63) is 57.6 Å². The van der Waals surface area contributed by atoms with E-state index in [1.807, 2.05) is 44.2 Å². The quantitative estimate of drug-likeness (QED) is 0.916. The normalized spacial score (nSPS) is 10.4. The Morgan fingerprint density at radius 3 is 2.22 bits per heavy atom. The van der Waals surface area contributed by atoms with Crippen LogP contribution in [0.5, 0.6) is 11.5 Å². The molecule has 2 aromatic rings. The molecule has 3 heteroatoms. The van der Waals surface area contributed by atoms with Crippen molar-refractivity contribution in [2.45, 2.75) is 20.4 Å². The molecule has 0 fully saturated rings. The maximum atomic E-state index is 5.91. The molecule has 2 N–H and O–H groups in total. The molecule has 18 heavy (non-hydrogen) atoms. The fourth-order valence-corrected chi connectivity index (χ4v) is 2.35. The second kappa shape index (κ2) is 5.55. The topological polar surface area (TPSA) is 35.2 Å². The maximum absolute atomic E-state index is 5.91. The Kier molecular flexibility index (Phi) is 4.04. The second-order valence-corrected chi connectivity index (χ2v) is 5.21. The van der Waals surface area contributed by atoms with Crippen LogP contribution >= 0.6 is 15.9 Å². The van der Waals surface area contributed by atoms with E-state index in [9.17, 15) is 0 Å². The van der Waals surface area contributed by atoms with Crippen molar-refractivity contribution < 1.29 is 4.74 Å². The Labute approximate surface area is 116 Å². The number of nitrogens with two attached hydrogens (primary N) is 1. The van der Waals surface area contributed by atoms with Gasteiger partial charge in [0.15, 0.2) is 0 Å². The molecule has 0 unspecified atom stereocenters. The fourth-order valence-electron chi connectivity index (χ4n) is 1.77. The van der Waals surface area contributed by atoms with Crippen LogP contribution in [0.15, 0.2) is 40.9 Å². The van der Waals surface area contributed by atoms with Gasteiger partial charge in [-0.3, -0.25) is 0 Å². The number of hydrogen-bond donors (Lipinski definition) is 1. The second-order valence-electron chi connectivity index (χ2n) is 4.35. The molecule has 94 valence electrons. The molecular formula is C15H16BrNO. The Morgan fingerprint density at radius 1 is 1.00 bits per heavy atom. The van der Waals surface area contributed by atoms with Crippen molar-refractivity contribution in [3.8, 4) is 11.5 Å². The summed E-state index contributed by atoms with van der Waals surface area (Å²) in [6, 6.07) is 12.1. The predicted octanol–water partition coefficient (Wildman–Crippen LogP) is 4.32. The molecule has 0 amide bonds. The molecule has 0 saturated heterocycles. The summed E-state index contributed by atoms with van der Waals surface area (Å²) in [4.78, 5) is 0. The van der Waals surface area contributed by atoms with Gasteiger partial charge in [-0.1, -0.05) is 23.8 Å². The lowest BCUT2D eigenvalue weighted by atomic mass is 10.1. The molecule has 0 bridgehead atoms. The third-order valence-corrected chi connectivity index (χ3v) is 3.36. The molecule has 0 aromatic heterocycles. The summed E-state index contributed by atoms with van der Waals surface area (Å²) in [6.07, 6.45) is 0. The number of benzene rings is 2. The van der Waals surface area contributed by atoms with E-state index >= 15 is 0 Å². The average Bonchev–Trinajstić information content (AvgIpc) is 2.34. The van der Waals surface area contributed by atoms with E-state index < -0.39 is 0 Å². The lowest BCUT2D eigenvalue weighted by molar-refractivity contribution is 0.473. The first-order chi connectivity index (χ1) is 8.60. The number of aryl methyl sites for hydroxylation is 2. The van der Waals surface area contributed by atoms with E-state index in [0.29, 0.717) is 6.54 Å². The van der Waals surface area contributed by atoms with Gasteiger partial charge < -0.3 is 10.5 Å². The third-order valence-electron chi connectivity index (χ3n) is 2.74. The molecule has 0 heterocycles. The highest BCUT2D eigenvalue weighted by Crippen LogP contribution is 2.32. The monoisotopic (exact) mass is 305 g/mol. The highest BCUT2D eigenvalue weighted by molar-refractivity contribution is 9.10. The first-order valence-electron chi connectivity index (χ1n) is 5.84. The molecule has 0 aliphatic rings. The zero-order chi connectivity index (χ0) is 13.1. The van der Waals surface area contributed by atoms with Gasteiger partial charge in [0.05, 0.1) is 4.47 Å². The Balaban J connectivity index is 2.33. The van der Waals surface area contributed by atoms with E-state index in [1.165, 1.54) is 11.1 Å². The van der Waals surface area contributed by atoms with Gasteiger partial charge >= 0.3 is 0 Å². The zero-order valence-electron chi connectivity index (χ0n) is 10.5. The van der Waals surface area contributed by atoms with E-state index in [2.05, 4.69) is 22.0 Å². The summed E-state index contributed by atoms with van der Waals surface area (Å²) >= 11 is 3.51. The van der Waals surface area contributed by atoms with Gasteiger partial charge in [0.2, 0.25) is 0 Å². The van der Waals surface area contributed by atoms with Crippen LogP contribution in [0.2, 0.25) is 0 Å². The van der Waals surface area contributed by atoms with Crippen LogP contribution in [-0.4, -0.2) is 0 Å². The summed E-state index contributed by atoms with van der Waals surface area (Å²) in [5.41, 5.74) is 9.14. The van der Waals surface area contributed by atoms with Crippen molar-refractivity contribution in [2.75, 3.05) is 0 Å². The smallest absolute Gasteiger partial charge is 0.141 e. The molecule has 0 atom stereocenters. The van der Waals surface area contributed by atoms with Crippen LogP contribution in [0, 0.1) is 13.8 Å². The fraction of sp³-hybridized carbons (Fsp3) is 0.200. The molecule has 2 nitrogen and oxygen atoms in total. The first kappa shape index (κ1) is 13.1. The van der Waals surface area contributed by atoms with Crippen LogP contribution in [-0.2, 0) is 6.54 Å². The minimum atomic E-state index is 0.473. The van der Waals surface area contributed by atoms with Crippen LogP contribution in [0.4, 0.5) is 0 Å². The first-order valence-corrected chi connectivity index (χ1v) is 6.63. The van der Waals surface area contributed by atoms with Gasteiger partial charge in [0.1, 0.15) is 11.5 Å². The molecule has 0 aliphatic carbocycles. The molecule has 0 spiro atoms. The Hall–Kier alpha value is -1.32. The number of rotatable bonds is 3. The van der Waals surface area contributed by atoms with Gasteiger partial charge in [-0.2, -0.15) is 0 Å². The van der Waals surface area contributed by atoms with Gasteiger partial charge in [0.25, 0.3) is 0 Å². The zero-order valence-corrected chi connectivity index (χ0v) is 12.1. The highest BCUT2D eigenvalue weighted by Gasteiger charge is 2.07. The highest BCUT2D eigenvalue weighted by atomic mass is 79.9. The molecule has 0 radical (unpaired) electrons. The van der Waals surface area contributed by atoms with Crippen LogP contribution in [0.1, 0.15) is 16.7 Å². The summed E-state index contributed by atoms with van der Waals surface area (Å²) in [7, 11) is 0. The Bertz CT molecular complexity index is 566. The minimum absolute atomic E-state index is 0.473. The van der Waals surface area contributed by atoms with Crippen LogP contribution in [0.25, 0.3) is 0 Å². The standard InChI is InChI=1S/C15H16BrNO/c1-10-3-5-14(12(7-10)9-17)18-15-6-4-11(2)8-13(15)16/h3-8H,9,17H2,1-2H3. The van der Waals surface area contributed by atoms with Crippen molar-refractivity contribution in [3.63, 3.8) is 0 Å². The van der Waals surface area contributed by atoms with E-state index in [1.54, 1.807) is 0 Å². The van der Waals surface area contributed by atoms with Crippen LogP contribution in [0.3, 0.4) is 0 Å². The molecule has 0 saturated carbocycles. The van der Waals surface area contributed by atoms with Crippen molar-refractivity contribution in [1.29, 1.82) is 0 Å². The molecule has 0 aliphatic heterocycles. The summed E-state index contributed by atoms with van der Waals surface area (Å²) < 4.78 is 6.86. The SMILES string of the molecule is Cc1ccc(Oc2ccc(C)cc2CN)c(Br)c1. The molecule has 2 rings (SSSR count). The molecule has 2 aromatic carbocycles. The summed E-state index contributed by atoms with van der Waals surface area (Å²) in [5.74, 6) is 1.62. The van der Waals surface area contributed by atoms with Gasteiger partial charge in [-0.25, -0.2) is 0 Å². The minimum Gasteiger partial charge on any atom is -0.456 e. The summed E-state index contributed by atoms with van der Waals surface area (Å²) in [5, 5.41) is 0. The van der Waals surface area contributed by atoms with Gasteiger partial charge in [-0.05, 0) is 53.5 Å². The van der Waals surface area contributed by atoms with E-state index in [0.717, 1.165) is 21.5 Å². The van der Waals surface area contributed by atoms with Gasteiger partial charge in [0, 0.05) is 12.1 Å². The third kappa shape index (κ3) is 2.92. The number of hydrogen-bond acceptors (Lipinski definition) is 2. The largest absolute Gasteiger partial charge is 0.456 e.